The molecule has 0 atom stereocenters. The first-order chi connectivity index (χ1) is 18.8. The minimum absolute atomic E-state index is 0.0491. The lowest BCUT2D eigenvalue weighted by Crippen LogP contribution is -2.44. The largest absolute Gasteiger partial charge is 0.443 e. The van der Waals surface area contributed by atoms with Crippen molar-refractivity contribution in [3.05, 3.63) is 71.7 Å². The number of amides is 2. The van der Waals surface area contributed by atoms with Crippen LogP contribution in [0.25, 0.3) is 5.70 Å². The van der Waals surface area contributed by atoms with Gasteiger partial charge in [0.15, 0.2) is 5.82 Å². The summed E-state index contributed by atoms with van der Waals surface area (Å²) in [6.45, 7) is 5.89. The molecule has 1 saturated heterocycles. The number of carbonyl (C=O) groups is 2. The molecule has 40 heavy (non-hydrogen) atoms. The van der Waals surface area contributed by atoms with Crippen molar-refractivity contribution in [2.75, 3.05) is 18.0 Å². The van der Waals surface area contributed by atoms with Crippen molar-refractivity contribution in [1.82, 2.24) is 15.1 Å². The SMILES string of the molecule is CC(C)(C)OC(=O)N(CC1CCC2(CC1)CN(c1cccnn1)C(=O)O2)/C(N)=C/C=C(\N)c1cc(F)cc(F)c1. The summed E-state index contributed by atoms with van der Waals surface area (Å²) in [4.78, 5) is 28.5. The maximum atomic E-state index is 13.6. The number of nitrogens with two attached hydrogens (primary N) is 2. The van der Waals surface area contributed by atoms with E-state index in [4.69, 9.17) is 20.9 Å². The van der Waals surface area contributed by atoms with E-state index in [1.807, 2.05) is 0 Å². The van der Waals surface area contributed by atoms with Gasteiger partial charge in [-0.05, 0) is 88.8 Å². The number of hydrogen-bond acceptors (Lipinski definition) is 8. The lowest BCUT2D eigenvalue weighted by Gasteiger charge is -2.37. The van der Waals surface area contributed by atoms with Crippen LogP contribution in [0.15, 0.2) is 54.5 Å². The maximum absolute atomic E-state index is 13.6. The third-order valence-corrected chi connectivity index (χ3v) is 6.82. The Morgan fingerprint density at radius 1 is 1.20 bits per heavy atom. The van der Waals surface area contributed by atoms with E-state index in [0.29, 0.717) is 38.0 Å². The Morgan fingerprint density at radius 2 is 1.88 bits per heavy atom. The second kappa shape index (κ2) is 11.5. The molecule has 1 aliphatic heterocycles. The molecule has 0 bridgehead atoms. The molecule has 2 fully saturated rings. The molecule has 2 amide bonds. The number of benzene rings is 1. The van der Waals surface area contributed by atoms with Crippen molar-refractivity contribution in [3.63, 3.8) is 0 Å². The van der Waals surface area contributed by atoms with Crippen LogP contribution in [-0.4, -0.2) is 51.6 Å². The van der Waals surface area contributed by atoms with E-state index >= 15 is 0 Å². The molecule has 0 radical (unpaired) electrons. The number of aromatic nitrogens is 2. The van der Waals surface area contributed by atoms with Crippen molar-refractivity contribution >= 4 is 23.7 Å². The predicted octanol–water partition coefficient (Wildman–Crippen LogP) is 4.68. The standard InChI is InChI=1S/C28H34F2N6O4/c1-27(2,3)39-25(37)35(23(32)7-6-22(31)19-13-20(29)15-21(30)14-19)16-18-8-10-28(11-9-18)17-36(26(38)40-28)24-5-4-12-33-34-24/h4-7,12-15,18H,8-11,16-17,31-32H2,1-3H3/b22-6-,23-7+. The average molecular weight is 557 g/mol. The Bertz CT molecular complexity index is 1280. The molecule has 1 aromatic carbocycles. The van der Waals surface area contributed by atoms with Gasteiger partial charge in [-0.25, -0.2) is 18.4 Å². The van der Waals surface area contributed by atoms with Crippen molar-refractivity contribution in [1.29, 1.82) is 0 Å². The van der Waals surface area contributed by atoms with Crippen LogP contribution in [0.4, 0.5) is 24.2 Å². The third kappa shape index (κ3) is 7.04. The molecule has 2 heterocycles. The molecule has 4 rings (SSSR count). The van der Waals surface area contributed by atoms with Crippen LogP contribution in [0.5, 0.6) is 0 Å². The molecule has 4 N–H and O–H groups in total. The minimum Gasteiger partial charge on any atom is -0.443 e. The number of anilines is 1. The van der Waals surface area contributed by atoms with Gasteiger partial charge in [-0.2, -0.15) is 5.10 Å². The number of rotatable bonds is 6. The van der Waals surface area contributed by atoms with E-state index < -0.39 is 35.0 Å². The van der Waals surface area contributed by atoms with Gasteiger partial charge in [0.1, 0.15) is 28.7 Å². The number of hydrogen-bond donors (Lipinski definition) is 2. The summed E-state index contributed by atoms with van der Waals surface area (Å²) in [5.74, 6) is -0.972. The highest BCUT2D eigenvalue weighted by atomic mass is 19.1. The number of nitrogens with zero attached hydrogens (tertiary/aromatic N) is 4. The molecule has 1 spiro atoms. The maximum Gasteiger partial charge on any atom is 0.416 e. The van der Waals surface area contributed by atoms with Crippen molar-refractivity contribution < 1.29 is 27.8 Å². The molecule has 2 aromatic rings. The summed E-state index contributed by atoms with van der Waals surface area (Å²) < 4.78 is 38.6. The normalized spacial score (nSPS) is 21.9. The second-order valence-corrected chi connectivity index (χ2v) is 11.1. The summed E-state index contributed by atoms with van der Waals surface area (Å²) in [6, 6.07) is 6.37. The van der Waals surface area contributed by atoms with Crippen LogP contribution < -0.4 is 16.4 Å². The van der Waals surface area contributed by atoms with Crippen LogP contribution in [0.3, 0.4) is 0 Å². The second-order valence-electron chi connectivity index (χ2n) is 11.1. The molecular weight excluding hydrogens is 522 g/mol. The zero-order chi connectivity index (χ0) is 29.1. The molecule has 1 aliphatic carbocycles. The minimum atomic E-state index is -0.762. The summed E-state index contributed by atoms with van der Waals surface area (Å²) in [5.41, 5.74) is 11.1. The van der Waals surface area contributed by atoms with E-state index in [0.717, 1.165) is 18.2 Å². The highest BCUT2D eigenvalue weighted by Gasteiger charge is 2.48. The fraction of sp³-hybridized carbons (Fsp3) is 0.429. The third-order valence-electron chi connectivity index (χ3n) is 6.82. The van der Waals surface area contributed by atoms with Gasteiger partial charge in [0.2, 0.25) is 0 Å². The molecule has 10 nitrogen and oxygen atoms in total. The highest BCUT2D eigenvalue weighted by Crippen LogP contribution is 2.40. The summed E-state index contributed by atoms with van der Waals surface area (Å²) in [6.07, 6.45) is 5.79. The van der Waals surface area contributed by atoms with Gasteiger partial charge < -0.3 is 20.9 Å². The zero-order valence-electron chi connectivity index (χ0n) is 22.8. The number of halogens is 2. The lowest BCUT2D eigenvalue weighted by molar-refractivity contribution is 0.00435. The van der Waals surface area contributed by atoms with Crippen molar-refractivity contribution in [2.24, 2.45) is 17.4 Å². The fourth-order valence-electron chi connectivity index (χ4n) is 4.83. The smallest absolute Gasteiger partial charge is 0.416 e. The number of allylic oxidation sites excluding steroid dienone is 2. The van der Waals surface area contributed by atoms with E-state index in [-0.39, 0.29) is 29.5 Å². The van der Waals surface area contributed by atoms with Crippen molar-refractivity contribution in [2.45, 2.75) is 57.7 Å². The first-order valence-corrected chi connectivity index (χ1v) is 13.0. The quantitative estimate of drug-likeness (QED) is 0.490. The van der Waals surface area contributed by atoms with Crippen LogP contribution in [0.1, 0.15) is 52.0 Å². The van der Waals surface area contributed by atoms with Gasteiger partial charge in [0.25, 0.3) is 0 Å². The molecule has 1 saturated carbocycles. The first-order valence-electron chi connectivity index (χ1n) is 13.0. The summed E-state index contributed by atoms with van der Waals surface area (Å²) in [7, 11) is 0. The summed E-state index contributed by atoms with van der Waals surface area (Å²) in [5, 5.41) is 7.86. The molecule has 12 heteroatoms. The van der Waals surface area contributed by atoms with Gasteiger partial charge in [0, 0.05) is 30.1 Å². The van der Waals surface area contributed by atoms with Gasteiger partial charge in [-0.1, -0.05) is 0 Å². The Kier molecular flexibility index (Phi) is 8.26. The Hall–Kier alpha value is -4.22. The zero-order valence-corrected chi connectivity index (χ0v) is 22.8. The van der Waals surface area contributed by atoms with Crippen LogP contribution in [0, 0.1) is 17.6 Å². The van der Waals surface area contributed by atoms with Gasteiger partial charge in [0.05, 0.1) is 6.54 Å². The lowest BCUT2D eigenvalue weighted by atomic mass is 9.78. The Labute approximate surface area is 231 Å². The Morgan fingerprint density at radius 3 is 2.48 bits per heavy atom. The molecule has 0 unspecified atom stereocenters. The van der Waals surface area contributed by atoms with Crippen molar-refractivity contribution in [3.8, 4) is 0 Å². The predicted molar refractivity (Wildman–Crippen MR) is 144 cm³/mol. The van der Waals surface area contributed by atoms with E-state index in [2.05, 4.69) is 10.2 Å². The molecule has 2 aliphatic rings. The molecule has 1 aromatic heterocycles. The summed E-state index contributed by atoms with van der Waals surface area (Å²) >= 11 is 0. The van der Waals surface area contributed by atoms with E-state index in [1.54, 1.807) is 32.9 Å². The van der Waals surface area contributed by atoms with Gasteiger partial charge in [-0.3, -0.25) is 9.80 Å². The number of carbonyl (C=O) groups excluding carboxylic acids is 2. The first kappa shape index (κ1) is 28.8. The molecular formula is C28H34F2N6O4. The Balaban J connectivity index is 1.46. The van der Waals surface area contributed by atoms with Crippen LogP contribution in [0.2, 0.25) is 0 Å². The van der Waals surface area contributed by atoms with Crippen LogP contribution >= 0.6 is 0 Å². The van der Waals surface area contributed by atoms with Gasteiger partial charge >= 0.3 is 12.2 Å². The highest BCUT2D eigenvalue weighted by molar-refractivity contribution is 5.89. The topological polar surface area (TPSA) is 137 Å². The average Bonchev–Trinajstić information content (AvgIpc) is 3.21. The monoisotopic (exact) mass is 556 g/mol. The van der Waals surface area contributed by atoms with E-state index in [1.165, 1.54) is 28.1 Å². The van der Waals surface area contributed by atoms with Gasteiger partial charge in [-0.15, -0.1) is 5.10 Å². The van der Waals surface area contributed by atoms with E-state index in [9.17, 15) is 18.4 Å². The number of ether oxygens (including phenoxy) is 2. The van der Waals surface area contributed by atoms with Crippen LogP contribution in [-0.2, 0) is 9.47 Å². The molecule has 214 valence electrons. The fourth-order valence-corrected chi connectivity index (χ4v) is 4.83.